The van der Waals surface area contributed by atoms with Crippen molar-refractivity contribution >= 4 is 32.5 Å². The van der Waals surface area contributed by atoms with Crippen LogP contribution in [0.1, 0.15) is 30.7 Å². The Morgan fingerprint density at radius 3 is 2.48 bits per heavy atom. The van der Waals surface area contributed by atoms with Gasteiger partial charge in [-0.1, -0.05) is 52.3 Å². The first-order valence-corrected chi connectivity index (χ1v) is 8.74. The van der Waals surface area contributed by atoms with Gasteiger partial charge in [0.15, 0.2) is 0 Å². The quantitative estimate of drug-likeness (QED) is 0.512. The number of nitrogens with zero attached hydrogens (tertiary/aromatic N) is 2. The van der Waals surface area contributed by atoms with Gasteiger partial charge in [0, 0.05) is 21.0 Å². The number of alkyl halides is 2. The molecule has 0 bridgehead atoms. The smallest absolute Gasteiger partial charge is 0.270 e. The number of hydrogen-bond acceptors (Lipinski definition) is 2. The summed E-state index contributed by atoms with van der Waals surface area (Å²) in [6.07, 6.45) is 0. The minimum absolute atomic E-state index is 0.0278. The molecule has 0 atom stereocenters. The van der Waals surface area contributed by atoms with E-state index in [1.165, 1.54) is 13.8 Å². The first-order valence-electron chi connectivity index (χ1n) is 7.94. The van der Waals surface area contributed by atoms with Crippen LogP contribution in [-0.2, 0) is 5.92 Å². The summed E-state index contributed by atoms with van der Waals surface area (Å²) in [5, 5.41) is 1.00. The topological polar surface area (TPSA) is 25.2 Å². The van der Waals surface area contributed by atoms with E-state index in [1.54, 1.807) is 18.2 Å². The molecule has 0 aliphatic carbocycles. The lowest BCUT2D eigenvalue weighted by Crippen LogP contribution is -2.44. The molecule has 4 rings (SSSR count). The van der Waals surface area contributed by atoms with E-state index in [4.69, 9.17) is 0 Å². The molecule has 0 fully saturated rings. The predicted molar refractivity (Wildman–Crippen MR) is 99.5 cm³/mol. The molecule has 0 spiro atoms. The van der Waals surface area contributed by atoms with E-state index in [9.17, 15) is 0 Å². The van der Waals surface area contributed by atoms with E-state index in [2.05, 4.69) is 25.9 Å². The minimum atomic E-state index is -3.08. The lowest BCUT2D eigenvalue weighted by atomic mass is 9.82. The number of aliphatic imine (C=N–C) groups is 1. The highest BCUT2D eigenvalue weighted by atomic mass is 79.9. The molecule has 0 saturated heterocycles. The number of hydrogen-bond donors (Lipinski definition) is 0. The van der Waals surface area contributed by atoms with Crippen molar-refractivity contribution in [2.45, 2.75) is 25.3 Å². The third-order valence-electron chi connectivity index (χ3n) is 4.58. The Balaban J connectivity index is 2.00. The summed E-state index contributed by atoms with van der Waals surface area (Å²) in [6, 6.07) is 16.6. The van der Waals surface area contributed by atoms with Gasteiger partial charge >= 0.3 is 0 Å². The Labute approximate surface area is 152 Å². The van der Waals surface area contributed by atoms with Gasteiger partial charge in [0.2, 0.25) is 0 Å². The maximum absolute atomic E-state index is 15.0. The molecular formula is C20H15BrF2N2. The van der Waals surface area contributed by atoms with Crippen LogP contribution in [0, 0.1) is 0 Å². The van der Waals surface area contributed by atoms with Gasteiger partial charge in [0.05, 0.1) is 16.9 Å². The van der Waals surface area contributed by atoms with Crippen LogP contribution < -0.4 is 0 Å². The maximum atomic E-state index is 15.0. The fourth-order valence-corrected chi connectivity index (χ4v) is 3.76. The van der Waals surface area contributed by atoms with Gasteiger partial charge < -0.3 is 0 Å². The Bertz CT molecular complexity index is 1030. The lowest BCUT2D eigenvalue weighted by Gasteiger charge is -2.37. The molecule has 25 heavy (non-hydrogen) atoms. The molecule has 1 aliphatic heterocycles. The zero-order valence-electron chi connectivity index (χ0n) is 13.7. The SMILES string of the molecule is CC1(C)N=C(c2ccc3ccccc3n2)c2cccc(Br)c2C1(F)F. The molecular weight excluding hydrogens is 386 g/mol. The summed E-state index contributed by atoms with van der Waals surface area (Å²) in [7, 11) is 0. The van der Waals surface area contributed by atoms with E-state index < -0.39 is 11.5 Å². The number of para-hydroxylation sites is 1. The zero-order chi connectivity index (χ0) is 17.8. The van der Waals surface area contributed by atoms with Crippen molar-refractivity contribution in [3.05, 3.63) is 75.9 Å². The van der Waals surface area contributed by atoms with Crippen molar-refractivity contribution in [2.75, 3.05) is 0 Å². The fraction of sp³-hybridized carbons (Fsp3) is 0.200. The van der Waals surface area contributed by atoms with E-state index in [0.717, 1.165) is 10.9 Å². The number of halogens is 3. The molecule has 1 aromatic heterocycles. The van der Waals surface area contributed by atoms with Crippen LogP contribution in [0.2, 0.25) is 0 Å². The number of rotatable bonds is 1. The molecule has 0 saturated carbocycles. The molecule has 0 unspecified atom stereocenters. The van der Waals surface area contributed by atoms with Gasteiger partial charge in [0.25, 0.3) is 5.92 Å². The molecule has 0 amide bonds. The highest BCUT2D eigenvalue weighted by molar-refractivity contribution is 9.10. The Hall–Kier alpha value is -2.14. The number of pyridine rings is 1. The Morgan fingerprint density at radius 2 is 1.68 bits per heavy atom. The Kier molecular flexibility index (Phi) is 3.55. The third-order valence-corrected chi connectivity index (χ3v) is 5.24. The summed E-state index contributed by atoms with van der Waals surface area (Å²) in [6.45, 7) is 2.91. The molecule has 2 heterocycles. The third kappa shape index (κ3) is 2.41. The van der Waals surface area contributed by atoms with Gasteiger partial charge in [-0.15, -0.1) is 0 Å². The molecule has 0 radical (unpaired) electrons. The maximum Gasteiger partial charge on any atom is 0.299 e. The van der Waals surface area contributed by atoms with E-state index in [-0.39, 0.29) is 5.56 Å². The monoisotopic (exact) mass is 400 g/mol. The molecule has 2 nitrogen and oxygen atoms in total. The molecule has 0 N–H and O–H groups in total. The fourth-order valence-electron chi connectivity index (χ4n) is 3.15. The van der Waals surface area contributed by atoms with Crippen molar-refractivity contribution in [3.8, 4) is 0 Å². The van der Waals surface area contributed by atoms with Gasteiger partial charge in [-0.2, -0.15) is 8.78 Å². The lowest BCUT2D eigenvalue weighted by molar-refractivity contribution is -0.0688. The van der Waals surface area contributed by atoms with Crippen LogP contribution in [-0.4, -0.2) is 16.2 Å². The normalized spacial score (nSPS) is 17.9. The molecule has 126 valence electrons. The van der Waals surface area contributed by atoms with Crippen LogP contribution >= 0.6 is 15.9 Å². The average Bonchev–Trinajstić information content (AvgIpc) is 2.58. The van der Waals surface area contributed by atoms with Gasteiger partial charge in [-0.05, 0) is 32.0 Å². The highest BCUT2D eigenvalue weighted by Gasteiger charge is 2.53. The van der Waals surface area contributed by atoms with Crippen LogP contribution in [0.4, 0.5) is 8.78 Å². The summed E-state index contributed by atoms with van der Waals surface area (Å²) in [5.74, 6) is -3.08. The van der Waals surface area contributed by atoms with Crippen molar-refractivity contribution in [2.24, 2.45) is 4.99 Å². The van der Waals surface area contributed by atoms with E-state index >= 15 is 8.78 Å². The number of aromatic nitrogens is 1. The summed E-state index contributed by atoms with van der Waals surface area (Å²) in [4.78, 5) is 9.06. The predicted octanol–water partition coefficient (Wildman–Crippen LogP) is 5.72. The standard InChI is InChI=1S/C20H15BrF2N2/c1-19(2)20(22,23)17-13(7-5-8-14(17)21)18(25-19)16-11-10-12-6-3-4-9-15(12)24-16/h3-11H,1-2H3. The first kappa shape index (κ1) is 16.3. The van der Waals surface area contributed by atoms with E-state index in [0.29, 0.717) is 21.4 Å². The largest absolute Gasteiger partial charge is 0.299 e. The molecule has 3 aromatic rings. The Morgan fingerprint density at radius 1 is 0.920 bits per heavy atom. The number of fused-ring (bicyclic) bond motifs is 2. The van der Waals surface area contributed by atoms with Crippen molar-refractivity contribution < 1.29 is 8.78 Å². The van der Waals surface area contributed by atoms with Gasteiger partial charge in [-0.3, -0.25) is 4.99 Å². The summed E-state index contributed by atoms with van der Waals surface area (Å²) >= 11 is 3.29. The average molecular weight is 401 g/mol. The van der Waals surface area contributed by atoms with Crippen molar-refractivity contribution in [1.29, 1.82) is 0 Å². The van der Waals surface area contributed by atoms with Gasteiger partial charge in [-0.25, -0.2) is 4.98 Å². The minimum Gasteiger partial charge on any atom is -0.270 e. The van der Waals surface area contributed by atoms with Crippen molar-refractivity contribution in [1.82, 2.24) is 4.98 Å². The van der Waals surface area contributed by atoms with Crippen LogP contribution in [0.15, 0.2) is 64.1 Å². The molecule has 2 aromatic carbocycles. The second-order valence-electron chi connectivity index (χ2n) is 6.65. The van der Waals surface area contributed by atoms with Crippen LogP contribution in [0.5, 0.6) is 0 Å². The summed E-state index contributed by atoms with van der Waals surface area (Å²) < 4.78 is 30.4. The summed E-state index contributed by atoms with van der Waals surface area (Å²) in [5.41, 5.74) is 0.738. The second kappa shape index (κ2) is 5.43. The first-order chi connectivity index (χ1) is 11.8. The number of benzene rings is 2. The second-order valence-corrected chi connectivity index (χ2v) is 7.50. The van der Waals surface area contributed by atoms with E-state index in [1.807, 2.05) is 36.4 Å². The highest BCUT2D eigenvalue weighted by Crippen LogP contribution is 2.49. The molecule has 1 aliphatic rings. The van der Waals surface area contributed by atoms with Crippen molar-refractivity contribution in [3.63, 3.8) is 0 Å². The van der Waals surface area contributed by atoms with Crippen LogP contribution in [0.25, 0.3) is 10.9 Å². The van der Waals surface area contributed by atoms with Crippen LogP contribution in [0.3, 0.4) is 0 Å². The van der Waals surface area contributed by atoms with Gasteiger partial charge in [0.1, 0.15) is 5.54 Å². The zero-order valence-corrected chi connectivity index (χ0v) is 15.3. The molecule has 5 heteroatoms.